The van der Waals surface area contributed by atoms with Crippen LogP contribution in [0.25, 0.3) is 55.8 Å². The Kier molecular flexibility index (Phi) is 11.2. The summed E-state index contributed by atoms with van der Waals surface area (Å²) in [5.41, 5.74) is 21.9. The molecular formula is C77H57N5OPt. The first-order valence-electron chi connectivity index (χ1n) is 30.7. The molecule has 6 nitrogen and oxygen atoms in total. The molecule has 84 heavy (non-hydrogen) atoms. The Morgan fingerprint density at radius 1 is 0.417 bits per heavy atom. The quantitative estimate of drug-likeness (QED) is 0.144. The maximum absolute atomic E-state index is 8.95. The monoisotopic (exact) mass is 1270 g/mol. The number of fused-ring (bicyclic) bond motifs is 9. The van der Waals surface area contributed by atoms with Gasteiger partial charge in [0.15, 0.2) is 0 Å². The smallest absolute Gasteiger partial charge is 0.0616 e. The minimum atomic E-state index is -0.872. The zero-order valence-electron chi connectivity index (χ0n) is 51.6. The molecule has 2 aromatic heterocycles. The van der Waals surface area contributed by atoms with Gasteiger partial charge in [-0.2, -0.15) is 0 Å². The molecule has 13 aromatic rings. The Morgan fingerprint density at radius 2 is 0.940 bits per heavy atom. The molecule has 0 atom stereocenters. The number of pyridine rings is 1. The number of anilines is 6. The van der Waals surface area contributed by atoms with Gasteiger partial charge in [-0.1, -0.05) is 84.8 Å². The number of aromatic nitrogens is 3. The molecule has 2 aliphatic heterocycles. The first-order chi connectivity index (χ1) is 43.3. The van der Waals surface area contributed by atoms with Gasteiger partial charge >= 0.3 is 306 Å². The molecule has 406 valence electrons. The fourth-order valence-corrected chi connectivity index (χ4v) is 14.1. The van der Waals surface area contributed by atoms with E-state index in [2.05, 4.69) is 277 Å². The van der Waals surface area contributed by atoms with E-state index in [0.29, 0.717) is 28.4 Å². The summed E-state index contributed by atoms with van der Waals surface area (Å²) in [6.07, 6.45) is 1.64. The molecule has 0 bridgehead atoms. The average molecular weight is 1270 g/mol. The molecule has 0 saturated carbocycles. The first-order valence-corrected chi connectivity index (χ1v) is 29.3. The molecule has 0 aliphatic carbocycles. The predicted octanol–water partition coefficient (Wildman–Crippen LogP) is 19.9. The number of rotatable bonds is 9. The average Bonchev–Trinajstić information content (AvgIpc) is 1.25. The SMILES string of the molecule is [2H]c1c([2H])c([2H])c(-c2cnc(N3c4ccccc4C4(c5ccccc5N(c5cc(C)c(C)c(C)c5)c5ccccc54)c4ccc(Oc5cccc(-n6[c](=[Pt])n(-c7c(-c8ccccc8)cccc7-c7ccccc7)c7ccccc76)c5)cc43)cc2C)c([2H])c1[2H]. The molecule has 0 N–H and O–H groups in total. The first kappa shape index (κ1) is 45.7. The third-order valence-electron chi connectivity index (χ3n) is 17.0. The van der Waals surface area contributed by atoms with Gasteiger partial charge in [0, 0.05) is 17.4 Å². The summed E-state index contributed by atoms with van der Waals surface area (Å²) in [7, 11) is 0. The Hall–Kier alpha value is -9.87. The number of imidazole rings is 1. The normalized spacial score (nSPS) is 13.7. The van der Waals surface area contributed by atoms with E-state index in [1.807, 2.05) is 25.1 Å². The summed E-state index contributed by atoms with van der Waals surface area (Å²) >= 11 is 2.49. The van der Waals surface area contributed by atoms with Crippen LogP contribution in [0.1, 0.15) is 51.4 Å². The van der Waals surface area contributed by atoms with E-state index in [-0.39, 0.29) is 17.6 Å². The van der Waals surface area contributed by atoms with Crippen molar-refractivity contribution in [1.29, 1.82) is 0 Å². The standard InChI is InChI=1S/C77H57N5O.Pt/c1-51-44-59(45-52(2)54(51)4)81-69-37-17-14-34-65(69)77(66-35-15-18-38-70(66)81)67-36-16-19-39-71(67)82(75-46-53(3)64(49-78-75)57-28-12-7-13-29-57)74-48-61(42-43-68(74)77)83-60-31-22-30-58(47-60)79-50-80(73-41-21-20-40-72(73)79)76-62(55-24-8-5-9-25-55)32-23-33-63(76)56-26-10-6-11-27-56;/h5-49H,1-4H3;/i7D,12D,13D,28D,29D;. The molecule has 7 heteroatoms. The maximum atomic E-state index is 8.95. The van der Waals surface area contributed by atoms with Gasteiger partial charge in [0.05, 0.1) is 18.2 Å². The third kappa shape index (κ3) is 8.11. The molecule has 15 rings (SSSR count). The Bertz CT molecular complexity index is 4960. The van der Waals surface area contributed by atoms with E-state index in [1.165, 1.54) is 16.7 Å². The van der Waals surface area contributed by atoms with Crippen LogP contribution in [-0.4, -0.2) is 14.1 Å². The number of hydrogen-bond acceptors (Lipinski definition) is 4. The van der Waals surface area contributed by atoms with Crippen molar-refractivity contribution in [1.82, 2.24) is 14.1 Å². The Morgan fingerprint density at radius 3 is 1.55 bits per heavy atom. The van der Waals surface area contributed by atoms with Crippen LogP contribution in [-0.2, 0) is 24.8 Å². The van der Waals surface area contributed by atoms with Gasteiger partial charge in [0.2, 0.25) is 0 Å². The van der Waals surface area contributed by atoms with Gasteiger partial charge in [0.25, 0.3) is 0 Å². The summed E-state index contributed by atoms with van der Waals surface area (Å²) in [6.45, 7) is 8.47. The molecular weight excluding hydrogens is 1210 g/mol. The van der Waals surface area contributed by atoms with Crippen molar-refractivity contribution in [2.24, 2.45) is 0 Å². The number of aryl methyl sites for hydroxylation is 3. The molecule has 0 radical (unpaired) electrons. The van der Waals surface area contributed by atoms with Crippen LogP contribution in [0.5, 0.6) is 11.5 Å². The van der Waals surface area contributed by atoms with Gasteiger partial charge in [-0.3, -0.25) is 0 Å². The number of para-hydroxylation sites is 6. The third-order valence-corrected chi connectivity index (χ3v) is 18.0. The van der Waals surface area contributed by atoms with E-state index in [0.717, 1.165) is 99.2 Å². The van der Waals surface area contributed by atoms with Crippen LogP contribution in [0, 0.1) is 31.5 Å². The Balaban J connectivity index is 0.921. The van der Waals surface area contributed by atoms with Crippen LogP contribution < -0.4 is 14.5 Å². The van der Waals surface area contributed by atoms with Crippen LogP contribution in [0.3, 0.4) is 0 Å². The second kappa shape index (κ2) is 20.5. The fourth-order valence-electron chi connectivity index (χ4n) is 13.0. The summed E-state index contributed by atoms with van der Waals surface area (Å²) in [5.74, 6) is 1.82. The van der Waals surface area contributed by atoms with E-state index in [1.54, 1.807) is 6.20 Å². The van der Waals surface area contributed by atoms with E-state index in [4.69, 9.17) is 16.6 Å². The molecule has 0 fully saturated rings. The van der Waals surface area contributed by atoms with Gasteiger partial charge in [0.1, 0.15) is 0 Å². The molecule has 1 spiro atoms. The van der Waals surface area contributed by atoms with Gasteiger partial charge < -0.3 is 4.90 Å². The van der Waals surface area contributed by atoms with Crippen LogP contribution in [0.2, 0.25) is 0 Å². The van der Waals surface area contributed by atoms with E-state index in [9.17, 15) is 0 Å². The van der Waals surface area contributed by atoms with Crippen LogP contribution in [0.4, 0.5) is 34.3 Å². The number of benzene rings is 11. The van der Waals surface area contributed by atoms with Crippen LogP contribution >= 0.6 is 0 Å². The summed E-state index contributed by atoms with van der Waals surface area (Å²) in [5, 5.41) is 0. The van der Waals surface area contributed by atoms with Crippen molar-refractivity contribution < 1.29 is 30.9 Å². The molecule has 2 aliphatic rings. The second-order valence-corrected chi connectivity index (χ2v) is 22.7. The number of nitrogens with zero attached hydrogens (tertiary/aromatic N) is 5. The van der Waals surface area contributed by atoms with Crippen molar-refractivity contribution in [3.63, 3.8) is 0 Å². The van der Waals surface area contributed by atoms with Crippen LogP contribution in [0.15, 0.2) is 273 Å². The summed E-state index contributed by atoms with van der Waals surface area (Å²) in [4.78, 5) is 9.80. The minimum absolute atomic E-state index is 0.106. The van der Waals surface area contributed by atoms with Crippen molar-refractivity contribution in [2.45, 2.75) is 33.1 Å². The molecule has 0 unspecified atom stereocenters. The number of hydrogen-bond donors (Lipinski definition) is 0. The topological polar surface area (TPSA) is 38.5 Å². The molecule has 11 aromatic carbocycles. The minimum Gasteiger partial charge on any atom is -0.0616 e. The number of ether oxygens (including phenoxy) is 1. The van der Waals surface area contributed by atoms with Crippen molar-refractivity contribution in [2.75, 3.05) is 9.80 Å². The zero-order chi connectivity index (χ0) is 61.0. The fraction of sp³-hybridized carbons (Fsp3) is 0.0649. The molecule has 0 amide bonds. The summed E-state index contributed by atoms with van der Waals surface area (Å²) < 4.78 is 56.2. The van der Waals surface area contributed by atoms with Crippen molar-refractivity contribution in [3.05, 3.63) is 321 Å². The van der Waals surface area contributed by atoms with E-state index >= 15 is 0 Å². The van der Waals surface area contributed by atoms with Gasteiger partial charge in [-0.05, 0) is 79.8 Å². The Labute approximate surface area is 507 Å². The predicted molar refractivity (Wildman–Crippen MR) is 340 cm³/mol. The van der Waals surface area contributed by atoms with Gasteiger partial charge in [-0.25, -0.2) is 0 Å². The van der Waals surface area contributed by atoms with Crippen molar-refractivity contribution in [3.8, 4) is 56.3 Å². The second-order valence-electron chi connectivity index (χ2n) is 21.6. The summed E-state index contributed by atoms with van der Waals surface area (Å²) in [6, 6.07) is 81.9. The zero-order valence-corrected chi connectivity index (χ0v) is 48.8. The van der Waals surface area contributed by atoms with Gasteiger partial charge in [-0.15, -0.1) is 0 Å². The van der Waals surface area contributed by atoms with Crippen molar-refractivity contribution >= 4 is 45.3 Å². The molecule has 0 saturated heterocycles. The van der Waals surface area contributed by atoms with E-state index < -0.39 is 23.5 Å². The molecule has 4 heterocycles.